The highest BCUT2D eigenvalue weighted by atomic mass is 16.7. The van der Waals surface area contributed by atoms with Crippen molar-refractivity contribution in [3.63, 3.8) is 0 Å². The summed E-state index contributed by atoms with van der Waals surface area (Å²) in [5, 5.41) is 59.1. The van der Waals surface area contributed by atoms with E-state index in [1.807, 2.05) is 0 Å². The van der Waals surface area contributed by atoms with E-state index in [1.165, 1.54) is 6.92 Å². The third-order valence-electron chi connectivity index (χ3n) is 4.18. The van der Waals surface area contributed by atoms with Crippen LogP contribution < -0.4 is 5.73 Å². The Morgan fingerprint density at radius 3 is 2.12 bits per heavy atom. The highest BCUT2D eigenvalue weighted by Crippen LogP contribution is 2.29. The molecule has 2 fully saturated rings. The summed E-state index contributed by atoms with van der Waals surface area (Å²) in [5.74, 6) is 0. The largest absolute Gasteiger partial charge is 0.394 e. The van der Waals surface area contributed by atoms with E-state index in [2.05, 4.69) is 0 Å². The van der Waals surface area contributed by atoms with Crippen molar-refractivity contribution in [1.82, 2.24) is 0 Å². The number of nitrogens with two attached hydrogens (primary N) is 1. The molecule has 0 aliphatic carbocycles. The summed E-state index contributed by atoms with van der Waals surface area (Å²) in [6.07, 6.45) is -13.4. The van der Waals surface area contributed by atoms with Gasteiger partial charge in [0.25, 0.3) is 0 Å². The van der Waals surface area contributed by atoms with Gasteiger partial charge in [-0.1, -0.05) is 0 Å². The number of hydrogen-bond donors (Lipinski definition) is 7. The van der Waals surface area contributed by atoms with E-state index in [9.17, 15) is 30.6 Å². The maximum Gasteiger partial charge on any atom is 0.188 e. The number of hydrogen-bond acceptors (Lipinski definition) is 11. The van der Waals surface area contributed by atoms with Crippen LogP contribution in [0.15, 0.2) is 0 Å². The van der Waals surface area contributed by atoms with Crippen molar-refractivity contribution in [2.45, 2.75) is 68.3 Å². The summed E-state index contributed by atoms with van der Waals surface area (Å²) in [4.78, 5) is 0. The van der Waals surface area contributed by atoms with Crippen molar-refractivity contribution in [2.24, 2.45) is 5.73 Å². The summed E-state index contributed by atoms with van der Waals surface area (Å²) < 4.78 is 20.9. The van der Waals surface area contributed by atoms with Crippen LogP contribution in [0.5, 0.6) is 0 Å². The van der Waals surface area contributed by atoms with Gasteiger partial charge in [-0.25, -0.2) is 0 Å². The number of ether oxygens (including phenoxy) is 4. The van der Waals surface area contributed by atoms with Gasteiger partial charge in [-0.15, -0.1) is 0 Å². The molecule has 0 saturated carbocycles. The van der Waals surface area contributed by atoms with Crippen LogP contribution in [0.2, 0.25) is 0 Å². The minimum absolute atomic E-state index is 0.285. The molecule has 2 heterocycles. The zero-order chi connectivity index (χ0) is 18.0. The Morgan fingerprint density at radius 2 is 1.54 bits per heavy atom. The van der Waals surface area contributed by atoms with E-state index >= 15 is 0 Å². The van der Waals surface area contributed by atoms with E-state index in [0.717, 1.165) is 0 Å². The molecule has 11 heteroatoms. The number of aliphatic hydroxyl groups is 6. The third kappa shape index (κ3) is 3.86. The van der Waals surface area contributed by atoms with Crippen LogP contribution >= 0.6 is 0 Å². The molecule has 8 N–H and O–H groups in total. The summed E-state index contributed by atoms with van der Waals surface area (Å²) in [7, 11) is 0. The van der Waals surface area contributed by atoms with Crippen LogP contribution in [-0.2, 0) is 18.9 Å². The highest BCUT2D eigenvalue weighted by molar-refractivity contribution is 4.93. The molecular formula is C13H25NO10. The fourth-order valence-corrected chi connectivity index (χ4v) is 2.73. The van der Waals surface area contributed by atoms with Gasteiger partial charge in [0.1, 0.15) is 42.7 Å². The SMILES string of the molecule is CC1O[C@@H](O[C@@H]2C(O)[C@H](OCN)OC(CO)[C@@H]2O)C(O)[C@@H](O)[C@H]1O. The lowest BCUT2D eigenvalue weighted by atomic mass is 9.97. The van der Waals surface area contributed by atoms with Gasteiger partial charge in [0.15, 0.2) is 12.6 Å². The van der Waals surface area contributed by atoms with Gasteiger partial charge < -0.3 is 55.3 Å². The Morgan fingerprint density at radius 1 is 0.875 bits per heavy atom. The topological polar surface area (TPSA) is 184 Å². The van der Waals surface area contributed by atoms with Crippen molar-refractivity contribution >= 4 is 0 Å². The lowest BCUT2D eigenvalue weighted by molar-refractivity contribution is -0.357. The second kappa shape index (κ2) is 8.29. The Labute approximate surface area is 138 Å². The number of rotatable bonds is 5. The first kappa shape index (κ1) is 19.9. The molecule has 0 aromatic carbocycles. The molecule has 10 atom stereocenters. The summed E-state index contributed by atoms with van der Waals surface area (Å²) in [6.45, 7) is 0.598. The van der Waals surface area contributed by atoms with Gasteiger partial charge in [-0.2, -0.15) is 0 Å². The Balaban J connectivity index is 2.12. The van der Waals surface area contributed by atoms with Gasteiger partial charge in [0.2, 0.25) is 0 Å². The second-order valence-corrected chi connectivity index (χ2v) is 5.82. The van der Waals surface area contributed by atoms with Gasteiger partial charge >= 0.3 is 0 Å². The molecule has 2 rings (SSSR count). The zero-order valence-electron chi connectivity index (χ0n) is 13.1. The molecule has 0 amide bonds. The fourth-order valence-electron chi connectivity index (χ4n) is 2.73. The molecule has 11 nitrogen and oxygen atoms in total. The molecule has 0 spiro atoms. The third-order valence-corrected chi connectivity index (χ3v) is 4.18. The van der Waals surface area contributed by atoms with Crippen LogP contribution in [0.4, 0.5) is 0 Å². The van der Waals surface area contributed by atoms with Gasteiger partial charge in [0.05, 0.1) is 19.4 Å². The molecule has 4 unspecified atom stereocenters. The summed E-state index contributed by atoms with van der Waals surface area (Å²) >= 11 is 0. The summed E-state index contributed by atoms with van der Waals surface area (Å²) in [6, 6.07) is 0. The lowest BCUT2D eigenvalue weighted by Gasteiger charge is -2.45. The molecule has 2 aliphatic heterocycles. The Bertz CT molecular complexity index is 401. The van der Waals surface area contributed by atoms with E-state index in [-0.39, 0.29) is 6.73 Å². The summed E-state index contributed by atoms with van der Waals surface area (Å²) in [5.41, 5.74) is 5.24. The van der Waals surface area contributed by atoms with Crippen molar-refractivity contribution in [2.75, 3.05) is 13.3 Å². The molecule has 0 aromatic heterocycles. The quantitative estimate of drug-likeness (QED) is 0.236. The van der Waals surface area contributed by atoms with Crippen LogP contribution in [0, 0.1) is 0 Å². The molecule has 2 aliphatic rings. The standard InChI is InChI=1S/C13H25NO10/c1-4-6(16)8(18)9(19)13(22-4)24-11-7(17)5(2-15)23-12(10(11)20)21-3-14/h4-13,15-20H,2-3,14H2,1H3/t4?,5?,6-,7-,8-,9?,10?,11-,12+,13-/m0/s1. The molecule has 24 heavy (non-hydrogen) atoms. The predicted molar refractivity (Wildman–Crippen MR) is 75.1 cm³/mol. The molecule has 0 radical (unpaired) electrons. The fraction of sp³-hybridized carbons (Fsp3) is 1.00. The van der Waals surface area contributed by atoms with E-state index in [4.69, 9.17) is 24.7 Å². The van der Waals surface area contributed by atoms with Crippen LogP contribution in [-0.4, -0.2) is 105 Å². The average molecular weight is 355 g/mol. The molecule has 0 bridgehead atoms. The highest BCUT2D eigenvalue weighted by Gasteiger charge is 2.50. The van der Waals surface area contributed by atoms with Crippen LogP contribution in [0.1, 0.15) is 6.92 Å². The number of aliphatic hydroxyl groups excluding tert-OH is 6. The maximum absolute atomic E-state index is 10.2. The van der Waals surface area contributed by atoms with Crippen LogP contribution in [0.25, 0.3) is 0 Å². The Hall–Kier alpha value is -0.440. The van der Waals surface area contributed by atoms with E-state index < -0.39 is 68.0 Å². The van der Waals surface area contributed by atoms with Crippen molar-refractivity contribution in [1.29, 1.82) is 0 Å². The van der Waals surface area contributed by atoms with E-state index in [1.54, 1.807) is 0 Å². The average Bonchev–Trinajstić information content (AvgIpc) is 2.56. The first-order valence-electron chi connectivity index (χ1n) is 7.61. The predicted octanol–water partition coefficient (Wildman–Crippen LogP) is -4.43. The van der Waals surface area contributed by atoms with Gasteiger partial charge in [-0.05, 0) is 6.92 Å². The minimum Gasteiger partial charge on any atom is -0.394 e. The Kier molecular flexibility index (Phi) is 6.87. The molecular weight excluding hydrogens is 330 g/mol. The van der Waals surface area contributed by atoms with Crippen molar-refractivity contribution in [3.05, 3.63) is 0 Å². The lowest BCUT2D eigenvalue weighted by Crippen LogP contribution is -2.64. The normalized spacial score (nSPS) is 50.0. The van der Waals surface area contributed by atoms with Crippen molar-refractivity contribution < 1.29 is 49.6 Å². The first-order chi connectivity index (χ1) is 11.3. The van der Waals surface area contributed by atoms with Crippen molar-refractivity contribution in [3.8, 4) is 0 Å². The smallest absolute Gasteiger partial charge is 0.188 e. The minimum atomic E-state index is -1.61. The van der Waals surface area contributed by atoms with Crippen LogP contribution in [0.3, 0.4) is 0 Å². The van der Waals surface area contributed by atoms with E-state index in [0.29, 0.717) is 0 Å². The second-order valence-electron chi connectivity index (χ2n) is 5.82. The van der Waals surface area contributed by atoms with Gasteiger partial charge in [-0.3, -0.25) is 0 Å². The first-order valence-corrected chi connectivity index (χ1v) is 7.61. The molecule has 2 saturated heterocycles. The zero-order valence-corrected chi connectivity index (χ0v) is 13.1. The monoisotopic (exact) mass is 355 g/mol. The van der Waals surface area contributed by atoms with Gasteiger partial charge in [0, 0.05) is 0 Å². The molecule has 142 valence electrons. The molecule has 0 aromatic rings. The maximum atomic E-state index is 10.2.